The number of carbonyl (C=O) groups is 1. The summed E-state index contributed by atoms with van der Waals surface area (Å²) in [4.78, 5) is 11.4. The molecule has 2 unspecified atom stereocenters. The van der Waals surface area contributed by atoms with Crippen molar-refractivity contribution in [2.75, 3.05) is 5.75 Å². The largest absolute Gasteiger partial charge is 0.364 e. The zero-order chi connectivity index (χ0) is 14.7. The monoisotopic (exact) mass is 311 g/mol. The lowest BCUT2D eigenvalue weighted by Crippen LogP contribution is -2.39. The Morgan fingerprint density at radius 1 is 1.38 bits per heavy atom. The average molecular weight is 311 g/mol. The predicted octanol–water partition coefficient (Wildman–Crippen LogP) is 0.634. The second kappa shape index (κ2) is 6.76. The third kappa shape index (κ3) is 3.38. The van der Waals surface area contributed by atoms with Gasteiger partial charge in [0, 0.05) is 18.7 Å². The second-order valence-electron chi connectivity index (χ2n) is 5.50. The van der Waals surface area contributed by atoms with Crippen LogP contribution in [0.15, 0.2) is 5.16 Å². The van der Waals surface area contributed by atoms with Crippen LogP contribution in [0.2, 0.25) is 0 Å². The summed E-state index contributed by atoms with van der Waals surface area (Å²) in [6.07, 6.45) is 5.95. The lowest BCUT2D eigenvalue weighted by atomic mass is 10.2. The van der Waals surface area contributed by atoms with Crippen molar-refractivity contribution in [1.29, 1.82) is 0 Å². The number of hydrogen-bond acceptors (Lipinski definition) is 6. The first-order valence-corrected chi connectivity index (χ1v) is 8.47. The molecule has 0 radical (unpaired) electrons. The first-order valence-electron chi connectivity index (χ1n) is 7.48. The van der Waals surface area contributed by atoms with Crippen LogP contribution in [0.25, 0.3) is 0 Å². The van der Waals surface area contributed by atoms with Crippen LogP contribution >= 0.6 is 11.8 Å². The standard InChI is InChI=1S/C13H21N5O2S/c14-15-12(19)10-6-5-9(20-10)8-21-13-17-16-11-4-2-1-3-7-18(11)13/h9-10H,1-8,14H2,(H,15,19). The number of hydrogen-bond donors (Lipinski definition) is 2. The number of rotatable bonds is 4. The number of nitrogens with two attached hydrogens (primary N) is 1. The fourth-order valence-corrected chi connectivity index (χ4v) is 3.88. The molecule has 2 atom stereocenters. The molecule has 0 saturated carbocycles. The molecule has 3 rings (SSSR count). The maximum Gasteiger partial charge on any atom is 0.263 e. The fourth-order valence-electron chi connectivity index (χ4n) is 2.85. The minimum absolute atomic E-state index is 0.0797. The Labute approximate surface area is 128 Å². The van der Waals surface area contributed by atoms with E-state index in [2.05, 4.69) is 20.2 Å². The summed E-state index contributed by atoms with van der Waals surface area (Å²) in [6.45, 7) is 1.01. The van der Waals surface area contributed by atoms with E-state index in [9.17, 15) is 4.79 Å². The van der Waals surface area contributed by atoms with Crippen LogP contribution in [-0.4, -0.2) is 38.6 Å². The van der Waals surface area contributed by atoms with E-state index in [0.29, 0.717) is 0 Å². The van der Waals surface area contributed by atoms with Crippen molar-refractivity contribution < 1.29 is 9.53 Å². The maximum atomic E-state index is 11.4. The third-order valence-electron chi connectivity index (χ3n) is 4.02. The summed E-state index contributed by atoms with van der Waals surface area (Å²) < 4.78 is 7.94. The summed E-state index contributed by atoms with van der Waals surface area (Å²) in [7, 11) is 0. The van der Waals surface area contributed by atoms with Gasteiger partial charge in [-0.15, -0.1) is 10.2 Å². The summed E-state index contributed by atoms with van der Waals surface area (Å²) >= 11 is 1.67. The van der Waals surface area contributed by atoms with Gasteiger partial charge in [0.15, 0.2) is 5.16 Å². The highest BCUT2D eigenvalue weighted by atomic mass is 32.2. The van der Waals surface area contributed by atoms with Crippen molar-refractivity contribution in [1.82, 2.24) is 20.2 Å². The van der Waals surface area contributed by atoms with Crippen LogP contribution in [0, 0.1) is 0 Å². The number of nitrogens with zero attached hydrogens (tertiary/aromatic N) is 3. The SMILES string of the molecule is NNC(=O)C1CCC(CSc2nnc3n2CCCCC3)O1. The van der Waals surface area contributed by atoms with E-state index in [1.807, 2.05) is 0 Å². The Bertz CT molecular complexity index is 507. The molecule has 2 aliphatic rings. The highest BCUT2D eigenvalue weighted by molar-refractivity contribution is 7.99. The Kier molecular flexibility index (Phi) is 4.77. The molecule has 3 heterocycles. The topological polar surface area (TPSA) is 95.1 Å². The van der Waals surface area contributed by atoms with E-state index < -0.39 is 6.10 Å². The highest BCUT2D eigenvalue weighted by Crippen LogP contribution is 2.27. The molecule has 0 bridgehead atoms. The number of thioether (sulfide) groups is 1. The molecule has 7 nitrogen and oxygen atoms in total. The zero-order valence-electron chi connectivity index (χ0n) is 12.0. The molecule has 21 heavy (non-hydrogen) atoms. The lowest BCUT2D eigenvalue weighted by Gasteiger charge is -2.12. The van der Waals surface area contributed by atoms with E-state index in [1.165, 1.54) is 19.3 Å². The van der Waals surface area contributed by atoms with Gasteiger partial charge in [-0.2, -0.15) is 0 Å². The summed E-state index contributed by atoms with van der Waals surface area (Å²) in [6, 6.07) is 0. The van der Waals surface area contributed by atoms with Crippen molar-refractivity contribution >= 4 is 17.7 Å². The Morgan fingerprint density at radius 3 is 3.14 bits per heavy atom. The number of amides is 1. The van der Waals surface area contributed by atoms with E-state index in [0.717, 1.165) is 42.5 Å². The minimum atomic E-state index is -0.406. The van der Waals surface area contributed by atoms with Crippen molar-refractivity contribution in [2.45, 2.75) is 62.4 Å². The average Bonchev–Trinajstić information content (AvgIpc) is 3.05. The molecule has 8 heteroatoms. The van der Waals surface area contributed by atoms with E-state index in [1.54, 1.807) is 11.8 Å². The Morgan fingerprint density at radius 2 is 2.29 bits per heavy atom. The summed E-state index contributed by atoms with van der Waals surface area (Å²) in [5, 5.41) is 9.56. The van der Waals surface area contributed by atoms with Gasteiger partial charge in [-0.1, -0.05) is 18.2 Å². The number of carbonyl (C=O) groups excluding carboxylic acids is 1. The molecule has 1 aromatic rings. The van der Waals surface area contributed by atoms with Gasteiger partial charge in [-0.25, -0.2) is 5.84 Å². The Hall–Kier alpha value is -1.12. The molecule has 1 fully saturated rings. The van der Waals surface area contributed by atoms with Crippen LogP contribution in [0.5, 0.6) is 0 Å². The van der Waals surface area contributed by atoms with Gasteiger partial charge < -0.3 is 9.30 Å². The number of fused-ring (bicyclic) bond motifs is 1. The zero-order valence-corrected chi connectivity index (χ0v) is 12.8. The molecule has 1 saturated heterocycles. The fraction of sp³-hybridized carbons (Fsp3) is 0.769. The first kappa shape index (κ1) is 14.8. The van der Waals surface area contributed by atoms with Crippen LogP contribution in [-0.2, 0) is 22.5 Å². The van der Waals surface area contributed by atoms with Crippen LogP contribution in [0.3, 0.4) is 0 Å². The molecule has 2 aliphatic heterocycles. The molecule has 3 N–H and O–H groups in total. The smallest absolute Gasteiger partial charge is 0.263 e. The summed E-state index contributed by atoms with van der Waals surface area (Å²) in [5.74, 6) is 6.79. The number of nitrogens with one attached hydrogen (secondary N) is 1. The first-order chi connectivity index (χ1) is 10.3. The van der Waals surface area contributed by atoms with Gasteiger partial charge in [-0.3, -0.25) is 10.2 Å². The van der Waals surface area contributed by atoms with Gasteiger partial charge in [0.05, 0.1) is 6.10 Å². The second-order valence-corrected chi connectivity index (χ2v) is 6.49. The number of aromatic nitrogens is 3. The summed E-state index contributed by atoms with van der Waals surface area (Å²) in [5.41, 5.74) is 2.15. The van der Waals surface area contributed by atoms with E-state index in [-0.39, 0.29) is 12.0 Å². The molecular formula is C13H21N5O2S. The van der Waals surface area contributed by atoms with Crippen molar-refractivity contribution in [3.05, 3.63) is 5.82 Å². The molecule has 1 amide bonds. The van der Waals surface area contributed by atoms with Gasteiger partial charge in [0.25, 0.3) is 5.91 Å². The number of hydrazine groups is 1. The molecular weight excluding hydrogens is 290 g/mol. The van der Waals surface area contributed by atoms with Crippen molar-refractivity contribution in [3.8, 4) is 0 Å². The molecule has 1 aromatic heterocycles. The van der Waals surface area contributed by atoms with E-state index >= 15 is 0 Å². The molecule has 0 aliphatic carbocycles. The Balaban J connectivity index is 1.54. The molecule has 116 valence electrons. The van der Waals surface area contributed by atoms with E-state index in [4.69, 9.17) is 10.6 Å². The van der Waals surface area contributed by atoms with Gasteiger partial charge in [0.1, 0.15) is 11.9 Å². The normalized spacial score (nSPS) is 25.4. The lowest BCUT2D eigenvalue weighted by molar-refractivity contribution is -0.131. The maximum absolute atomic E-state index is 11.4. The van der Waals surface area contributed by atoms with Gasteiger partial charge in [-0.05, 0) is 25.7 Å². The minimum Gasteiger partial charge on any atom is -0.364 e. The van der Waals surface area contributed by atoms with Gasteiger partial charge in [0.2, 0.25) is 0 Å². The molecule has 0 aromatic carbocycles. The van der Waals surface area contributed by atoms with Crippen LogP contribution < -0.4 is 11.3 Å². The van der Waals surface area contributed by atoms with Crippen molar-refractivity contribution in [2.24, 2.45) is 5.84 Å². The number of aryl methyl sites for hydroxylation is 1. The van der Waals surface area contributed by atoms with Gasteiger partial charge >= 0.3 is 0 Å². The quantitative estimate of drug-likeness (QED) is 0.367. The van der Waals surface area contributed by atoms with Crippen molar-refractivity contribution in [3.63, 3.8) is 0 Å². The third-order valence-corrected chi connectivity index (χ3v) is 5.11. The van der Waals surface area contributed by atoms with Crippen LogP contribution in [0.1, 0.15) is 37.9 Å². The molecule has 0 spiro atoms. The number of ether oxygens (including phenoxy) is 1. The highest BCUT2D eigenvalue weighted by Gasteiger charge is 2.30. The predicted molar refractivity (Wildman–Crippen MR) is 78.5 cm³/mol. The van der Waals surface area contributed by atoms with Crippen LogP contribution in [0.4, 0.5) is 0 Å².